The zero-order chi connectivity index (χ0) is 14.2. The smallest absolute Gasteiger partial charge is 0.244 e. The summed E-state index contributed by atoms with van der Waals surface area (Å²) in [6.45, 7) is 1.51. The number of nitrogens with one attached hydrogen (secondary N) is 3. The molecule has 2 saturated carbocycles. The summed E-state index contributed by atoms with van der Waals surface area (Å²) in [5.41, 5.74) is 2.10. The highest BCUT2D eigenvalue weighted by molar-refractivity contribution is 5.88. The molecule has 4 atom stereocenters. The second-order valence-corrected chi connectivity index (χ2v) is 6.80. The van der Waals surface area contributed by atoms with Gasteiger partial charge in [-0.2, -0.15) is 0 Å². The van der Waals surface area contributed by atoms with E-state index in [0.717, 1.165) is 35.7 Å². The first kappa shape index (κ1) is 13.0. The van der Waals surface area contributed by atoms with Crippen LogP contribution in [0.2, 0.25) is 0 Å². The minimum Gasteiger partial charge on any atom is -0.381 e. The lowest BCUT2D eigenvalue weighted by Gasteiger charge is -2.28. The third-order valence-electron chi connectivity index (χ3n) is 5.49. The molecule has 2 aliphatic carbocycles. The van der Waals surface area contributed by atoms with Crippen molar-refractivity contribution in [3.63, 3.8) is 0 Å². The van der Waals surface area contributed by atoms with Crippen LogP contribution in [0.3, 0.4) is 0 Å². The van der Waals surface area contributed by atoms with Crippen LogP contribution >= 0.6 is 0 Å². The Morgan fingerprint density at radius 2 is 2.05 bits per heavy atom. The normalized spacial score (nSPS) is 33.0. The molecular weight excluding hydrogens is 262 g/mol. The van der Waals surface area contributed by atoms with E-state index in [9.17, 15) is 4.79 Å². The molecule has 21 heavy (non-hydrogen) atoms. The summed E-state index contributed by atoms with van der Waals surface area (Å²) in [5.74, 6) is 2.66. The van der Waals surface area contributed by atoms with E-state index in [0.29, 0.717) is 6.54 Å². The van der Waals surface area contributed by atoms with Gasteiger partial charge in [0.2, 0.25) is 5.91 Å². The quantitative estimate of drug-likeness (QED) is 0.799. The largest absolute Gasteiger partial charge is 0.381 e. The second-order valence-electron chi connectivity index (χ2n) is 6.80. The summed E-state index contributed by atoms with van der Waals surface area (Å²) in [4.78, 5) is 12.4. The van der Waals surface area contributed by atoms with Gasteiger partial charge in [0.25, 0.3) is 0 Å². The van der Waals surface area contributed by atoms with Crippen LogP contribution in [0.5, 0.6) is 0 Å². The number of anilines is 2. The van der Waals surface area contributed by atoms with Crippen LogP contribution in [0, 0.1) is 17.8 Å². The van der Waals surface area contributed by atoms with Crippen molar-refractivity contribution in [2.45, 2.75) is 31.7 Å². The average molecular weight is 285 g/mol. The van der Waals surface area contributed by atoms with E-state index in [2.05, 4.69) is 16.0 Å². The third-order valence-corrected chi connectivity index (χ3v) is 5.49. The van der Waals surface area contributed by atoms with Gasteiger partial charge in [0.1, 0.15) is 6.04 Å². The Hall–Kier alpha value is -1.71. The molecule has 1 aromatic carbocycles. The highest BCUT2D eigenvalue weighted by Gasteiger charge is 2.39. The summed E-state index contributed by atoms with van der Waals surface area (Å²) in [7, 11) is 0. The second kappa shape index (κ2) is 5.24. The zero-order valence-corrected chi connectivity index (χ0v) is 12.3. The van der Waals surface area contributed by atoms with E-state index in [4.69, 9.17) is 0 Å². The van der Waals surface area contributed by atoms with Crippen molar-refractivity contribution in [1.29, 1.82) is 0 Å². The molecule has 0 aromatic heterocycles. The highest BCUT2D eigenvalue weighted by Crippen LogP contribution is 2.47. The molecule has 0 saturated heterocycles. The van der Waals surface area contributed by atoms with Crippen molar-refractivity contribution in [2.24, 2.45) is 17.8 Å². The number of fused-ring (bicyclic) bond motifs is 3. The topological polar surface area (TPSA) is 53.2 Å². The van der Waals surface area contributed by atoms with Crippen LogP contribution in [0.25, 0.3) is 0 Å². The van der Waals surface area contributed by atoms with E-state index in [-0.39, 0.29) is 11.9 Å². The molecular formula is C17H23N3O. The van der Waals surface area contributed by atoms with Gasteiger partial charge in [0, 0.05) is 13.1 Å². The molecule has 2 fully saturated rings. The molecule has 4 heteroatoms. The molecule has 112 valence electrons. The number of hydrogen-bond donors (Lipinski definition) is 3. The molecule has 3 N–H and O–H groups in total. The highest BCUT2D eigenvalue weighted by atomic mass is 16.2. The first-order chi connectivity index (χ1) is 10.3. The SMILES string of the molecule is O=C(NCC1CC2CCC1C2)C1CNc2ccccc2N1. The summed E-state index contributed by atoms with van der Waals surface area (Å²) in [5, 5.41) is 9.83. The van der Waals surface area contributed by atoms with Crippen molar-refractivity contribution < 1.29 is 4.79 Å². The van der Waals surface area contributed by atoms with Gasteiger partial charge in [-0.1, -0.05) is 18.6 Å². The van der Waals surface area contributed by atoms with Crippen LogP contribution in [-0.4, -0.2) is 25.0 Å². The minimum atomic E-state index is -0.168. The number of hydrogen-bond acceptors (Lipinski definition) is 3. The predicted molar refractivity (Wildman–Crippen MR) is 84.3 cm³/mol. The van der Waals surface area contributed by atoms with Gasteiger partial charge in [0.05, 0.1) is 11.4 Å². The fourth-order valence-corrected chi connectivity index (χ4v) is 4.35. The van der Waals surface area contributed by atoms with Crippen LogP contribution in [0.4, 0.5) is 11.4 Å². The van der Waals surface area contributed by atoms with Gasteiger partial charge in [-0.05, 0) is 49.1 Å². The number of carbonyl (C=O) groups is 1. The summed E-state index contributed by atoms with van der Waals surface area (Å²) < 4.78 is 0. The van der Waals surface area contributed by atoms with Crippen LogP contribution in [0.15, 0.2) is 24.3 Å². The molecule has 4 nitrogen and oxygen atoms in total. The molecule has 2 bridgehead atoms. The lowest BCUT2D eigenvalue weighted by atomic mass is 9.89. The van der Waals surface area contributed by atoms with Crippen LogP contribution in [-0.2, 0) is 4.79 Å². The van der Waals surface area contributed by atoms with E-state index >= 15 is 0 Å². The summed E-state index contributed by atoms with van der Waals surface area (Å²) in [6.07, 6.45) is 5.52. The Morgan fingerprint density at radius 3 is 2.81 bits per heavy atom. The standard InChI is InChI=1S/C17H23N3O/c21-17(19-9-13-8-11-5-6-12(13)7-11)16-10-18-14-3-1-2-4-15(14)20-16/h1-4,11-13,16,18,20H,5-10H2,(H,19,21). The minimum absolute atomic E-state index is 0.125. The van der Waals surface area contributed by atoms with Gasteiger partial charge in [-0.15, -0.1) is 0 Å². The number of carbonyl (C=O) groups excluding carboxylic acids is 1. The molecule has 1 heterocycles. The van der Waals surface area contributed by atoms with Gasteiger partial charge >= 0.3 is 0 Å². The Bertz CT molecular complexity index is 545. The number of benzene rings is 1. The molecule has 4 rings (SSSR count). The third kappa shape index (κ3) is 2.47. The van der Waals surface area contributed by atoms with E-state index in [1.165, 1.54) is 25.7 Å². The van der Waals surface area contributed by atoms with Gasteiger partial charge in [-0.25, -0.2) is 0 Å². The predicted octanol–water partition coefficient (Wildman–Crippen LogP) is 2.44. The maximum absolute atomic E-state index is 12.4. The lowest BCUT2D eigenvalue weighted by molar-refractivity contribution is -0.121. The number of rotatable bonds is 3. The van der Waals surface area contributed by atoms with Crippen molar-refractivity contribution in [3.05, 3.63) is 24.3 Å². The van der Waals surface area contributed by atoms with Crippen LogP contribution < -0.4 is 16.0 Å². The van der Waals surface area contributed by atoms with Crippen LogP contribution in [0.1, 0.15) is 25.7 Å². The lowest BCUT2D eigenvalue weighted by Crippen LogP contribution is -2.47. The zero-order valence-electron chi connectivity index (χ0n) is 12.3. The Labute approximate surface area is 125 Å². The van der Waals surface area contributed by atoms with Crippen molar-refractivity contribution >= 4 is 17.3 Å². The maximum Gasteiger partial charge on any atom is 0.244 e. The average Bonchev–Trinajstić information content (AvgIpc) is 3.15. The first-order valence-electron chi connectivity index (χ1n) is 8.17. The van der Waals surface area contributed by atoms with Gasteiger partial charge < -0.3 is 16.0 Å². The molecule has 1 amide bonds. The maximum atomic E-state index is 12.4. The number of para-hydroxylation sites is 2. The molecule has 1 aliphatic heterocycles. The Morgan fingerprint density at radius 1 is 1.19 bits per heavy atom. The molecule has 1 aromatic rings. The fourth-order valence-electron chi connectivity index (χ4n) is 4.35. The molecule has 4 unspecified atom stereocenters. The Balaban J connectivity index is 1.32. The summed E-state index contributed by atoms with van der Waals surface area (Å²) >= 11 is 0. The van der Waals surface area contributed by atoms with E-state index in [1.807, 2.05) is 24.3 Å². The molecule has 0 radical (unpaired) electrons. The number of amides is 1. The summed E-state index contributed by atoms with van der Waals surface area (Å²) in [6, 6.07) is 7.87. The van der Waals surface area contributed by atoms with Crippen molar-refractivity contribution in [2.75, 3.05) is 23.7 Å². The van der Waals surface area contributed by atoms with Gasteiger partial charge in [-0.3, -0.25) is 4.79 Å². The first-order valence-corrected chi connectivity index (χ1v) is 8.17. The monoisotopic (exact) mass is 285 g/mol. The molecule has 0 spiro atoms. The molecule has 3 aliphatic rings. The fraction of sp³-hybridized carbons (Fsp3) is 0.588. The van der Waals surface area contributed by atoms with Crippen molar-refractivity contribution in [1.82, 2.24) is 5.32 Å². The van der Waals surface area contributed by atoms with Crippen molar-refractivity contribution in [3.8, 4) is 0 Å². The van der Waals surface area contributed by atoms with E-state index in [1.54, 1.807) is 0 Å². The van der Waals surface area contributed by atoms with Gasteiger partial charge in [0.15, 0.2) is 0 Å². The van der Waals surface area contributed by atoms with E-state index < -0.39 is 0 Å². The Kier molecular flexibility index (Phi) is 3.24.